The van der Waals surface area contributed by atoms with Crippen LogP contribution in [0.2, 0.25) is 0 Å². The number of nitrogens with two attached hydrogens (primary N) is 1. The second kappa shape index (κ2) is 9.21. The molecule has 0 aliphatic carbocycles. The summed E-state index contributed by atoms with van der Waals surface area (Å²) in [7, 11) is -1.38. The summed E-state index contributed by atoms with van der Waals surface area (Å²) < 4.78 is 7.02. The Morgan fingerprint density at radius 3 is 3.03 bits per heavy atom. The molecule has 32 heavy (non-hydrogen) atoms. The van der Waals surface area contributed by atoms with Gasteiger partial charge in [-0.1, -0.05) is 17.3 Å². The molecule has 1 aromatic heterocycles. The number of hydrazine groups is 2. The molecule has 0 spiro atoms. The minimum absolute atomic E-state index is 0.0370. The van der Waals surface area contributed by atoms with Gasteiger partial charge in [-0.25, -0.2) is 10.3 Å². The van der Waals surface area contributed by atoms with E-state index in [1.165, 1.54) is 6.07 Å². The predicted molar refractivity (Wildman–Crippen MR) is 111 cm³/mol. The maximum atomic E-state index is 12.5. The number of hydrazone groups is 1. The first-order valence-corrected chi connectivity index (χ1v) is 9.87. The first kappa shape index (κ1) is 21.5. The maximum Gasteiger partial charge on any atom is 0.547 e. The number of hydrogen-bond donors (Lipinski definition) is 6. The van der Waals surface area contributed by atoms with Crippen LogP contribution in [0, 0.1) is 0 Å². The molecule has 2 aromatic rings. The molecule has 0 saturated carbocycles. The average Bonchev–Trinajstić information content (AvgIpc) is 3.38. The number of nitrogens with one attached hydrogen (secondary N) is 3. The number of hydrogen-bond acceptors (Lipinski definition) is 11. The standard InChI is InChI=1S/C17H22BN9O5/c19-4-5-26-8-11(21-24-26)9-27-23-14(22-25-27)7-15(28)20-13-6-10-2-1-3-12(17(29)30)16(10)32-18(13)31/h1-3,8,13,25,31H,4-7,9,19H2,(H,20,28)(H,22,23)(H,29,30)/t13-/m0/s1. The highest BCUT2D eigenvalue weighted by Crippen LogP contribution is 2.30. The van der Waals surface area contributed by atoms with E-state index in [2.05, 4.69) is 31.7 Å². The van der Waals surface area contributed by atoms with Gasteiger partial charge in [-0.3, -0.25) is 14.9 Å². The highest BCUT2D eigenvalue weighted by atomic mass is 16.5. The van der Waals surface area contributed by atoms with Crippen molar-refractivity contribution in [3.63, 3.8) is 0 Å². The van der Waals surface area contributed by atoms with Crippen LogP contribution < -0.4 is 26.7 Å². The highest BCUT2D eigenvalue weighted by molar-refractivity contribution is 6.47. The molecule has 0 unspecified atom stereocenters. The highest BCUT2D eigenvalue weighted by Gasteiger charge is 2.38. The number of aromatic carboxylic acids is 1. The first-order valence-electron chi connectivity index (χ1n) is 9.87. The van der Waals surface area contributed by atoms with Crippen LogP contribution in [0.15, 0.2) is 29.5 Å². The molecule has 168 valence electrons. The average molecular weight is 443 g/mol. The van der Waals surface area contributed by atoms with E-state index in [1.54, 1.807) is 28.1 Å². The number of carboxylic acid groups (broad SMARTS) is 1. The summed E-state index contributed by atoms with van der Waals surface area (Å²) >= 11 is 0. The lowest BCUT2D eigenvalue weighted by Crippen LogP contribution is -2.53. The molecule has 1 atom stereocenters. The molecular formula is C17H22BN9O5. The van der Waals surface area contributed by atoms with E-state index in [0.29, 0.717) is 36.7 Å². The van der Waals surface area contributed by atoms with Gasteiger partial charge in [-0.05, 0) is 18.1 Å². The molecule has 0 fully saturated rings. The Morgan fingerprint density at radius 2 is 2.25 bits per heavy atom. The lowest BCUT2D eigenvalue weighted by molar-refractivity contribution is -0.120. The number of amidine groups is 1. The number of nitrogens with zero attached hydrogens (tertiary/aromatic N) is 5. The van der Waals surface area contributed by atoms with Gasteiger partial charge in [0.2, 0.25) is 5.91 Å². The van der Waals surface area contributed by atoms with E-state index < -0.39 is 19.0 Å². The van der Waals surface area contributed by atoms with Crippen LogP contribution in [0.4, 0.5) is 0 Å². The molecule has 4 rings (SSSR count). The summed E-state index contributed by atoms with van der Waals surface area (Å²) in [6, 6.07) is 4.68. The Bertz CT molecular complexity index is 1050. The third-order valence-corrected chi connectivity index (χ3v) is 4.86. The molecule has 0 bridgehead atoms. The number of aromatic nitrogens is 3. The summed E-state index contributed by atoms with van der Waals surface area (Å²) in [6.45, 7) is 1.37. The van der Waals surface area contributed by atoms with Gasteiger partial charge in [0.25, 0.3) is 0 Å². The van der Waals surface area contributed by atoms with E-state index in [4.69, 9.17) is 10.4 Å². The quantitative estimate of drug-likeness (QED) is 0.238. The molecular weight excluding hydrogens is 421 g/mol. The summed E-state index contributed by atoms with van der Waals surface area (Å²) in [5.74, 6) is -1.79. The first-order chi connectivity index (χ1) is 15.4. The van der Waals surface area contributed by atoms with Crippen molar-refractivity contribution in [2.24, 2.45) is 10.8 Å². The summed E-state index contributed by atoms with van der Waals surface area (Å²) in [5.41, 5.74) is 12.4. The summed E-state index contributed by atoms with van der Waals surface area (Å²) in [4.78, 5) is 23.8. The number of carbonyl (C=O) groups is 2. The minimum atomic E-state index is -1.38. The Kier molecular flexibility index (Phi) is 6.20. The van der Waals surface area contributed by atoms with Crippen molar-refractivity contribution in [2.45, 2.75) is 31.9 Å². The van der Waals surface area contributed by atoms with Gasteiger partial charge in [0.15, 0.2) is 0 Å². The van der Waals surface area contributed by atoms with Crippen molar-refractivity contribution < 1.29 is 24.4 Å². The fourth-order valence-corrected chi connectivity index (χ4v) is 3.42. The van der Waals surface area contributed by atoms with Gasteiger partial charge in [-0.15, -0.1) is 15.3 Å². The maximum absolute atomic E-state index is 12.5. The largest absolute Gasteiger partial charge is 0.547 e. The van der Waals surface area contributed by atoms with Gasteiger partial charge in [0, 0.05) is 12.7 Å². The van der Waals surface area contributed by atoms with Crippen LogP contribution in [0.5, 0.6) is 5.75 Å². The van der Waals surface area contributed by atoms with Crippen molar-refractivity contribution in [3.05, 3.63) is 41.2 Å². The molecule has 3 heterocycles. The van der Waals surface area contributed by atoms with Crippen LogP contribution in [0.25, 0.3) is 0 Å². The Morgan fingerprint density at radius 1 is 1.41 bits per heavy atom. The molecule has 1 amide bonds. The van der Waals surface area contributed by atoms with Gasteiger partial charge < -0.3 is 25.8 Å². The Hall–Kier alpha value is -3.69. The van der Waals surface area contributed by atoms with Crippen LogP contribution >= 0.6 is 0 Å². The summed E-state index contributed by atoms with van der Waals surface area (Å²) in [5, 5.41) is 35.8. The number of amides is 1. The SMILES string of the molecule is NCCn1cc(CN2NN=C(CC(=O)N[C@H]3Cc4cccc(C(=O)O)c4OB3O)N2)nn1. The Balaban J connectivity index is 1.28. The molecule has 0 radical (unpaired) electrons. The number of para-hydroxylation sites is 1. The topological polar surface area (TPSA) is 192 Å². The monoisotopic (exact) mass is 443 g/mol. The second-order valence-corrected chi connectivity index (χ2v) is 7.28. The van der Waals surface area contributed by atoms with Gasteiger partial charge in [-0.2, -0.15) is 0 Å². The number of carboxylic acids is 1. The third kappa shape index (κ3) is 4.79. The Labute approximate surface area is 182 Å². The van der Waals surface area contributed by atoms with Gasteiger partial charge >= 0.3 is 13.1 Å². The summed E-state index contributed by atoms with van der Waals surface area (Å²) in [6.07, 6.45) is 1.92. The van der Waals surface area contributed by atoms with E-state index in [0.717, 1.165) is 0 Å². The van der Waals surface area contributed by atoms with Gasteiger partial charge in [0.05, 0.1) is 31.0 Å². The van der Waals surface area contributed by atoms with E-state index >= 15 is 0 Å². The lowest BCUT2D eigenvalue weighted by atomic mass is 9.72. The van der Waals surface area contributed by atoms with Crippen LogP contribution in [0.3, 0.4) is 0 Å². The number of benzene rings is 1. The van der Waals surface area contributed by atoms with Crippen molar-refractivity contribution in [1.82, 2.24) is 36.4 Å². The van der Waals surface area contributed by atoms with Crippen LogP contribution in [-0.2, 0) is 24.3 Å². The zero-order valence-electron chi connectivity index (χ0n) is 16.9. The van der Waals surface area contributed by atoms with Crippen molar-refractivity contribution >= 4 is 24.8 Å². The minimum Gasteiger partial charge on any atom is -0.534 e. The van der Waals surface area contributed by atoms with E-state index in [-0.39, 0.29) is 30.1 Å². The van der Waals surface area contributed by atoms with Crippen LogP contribution in [-0.4, -0.2) is 67.6 Å². The fourth-order valence-electron chi connectivity index (χ4n) is 3.42. The van der Waals surface area contributed by atoms with Crippen molar-refractivity contribution in [1.29, 1.82) is 0 Å². The van der Waals surface area contributed by atoms with Crippen molar-refractivity contribution in [3.8, 4) is 5.75 Å². The number of rotatable bonds is 8. The zero-order chi connectivity index (χ0) is 22.7. The van der Waals surface area contributed by atoms with E-state index in [9.17, 15) is 19.7 Å². The smallest absolute Gasteiger partial charge is 0.534 e. The van der Waals surface area contributed by atoms with E-state index in [1.807, 2.05) is 0 Å². The second-order valence-electron chi connectivity index (χ2n) is 7.28. The molecule has 0 saturated heterocycles. The van der Waals surface area contributed by atoms with Crippen LogP contribution in [0.1, 0.15) is 28.0 Å². The molecule has 1 aromatic carbocycles. The predicted octanol–water partition coefficient (Wildman–Crippen LogP) is -2.40. The van der Waals surface area contributed by atoms with Gasteiger partial charge in [0.1, 0.15) is 17.3 Å². The molecule has 7 N–H and O–H groups in total. The van der Waals surface area contributed by atoms with Crippen molar-refractivity contribution in [2.75, 3.05) is 6.54 Å². The molecule has 14 nitrogen and oxygen atoms in total. The normalized spacial score (nSPS) is 17.6. The number of fused-ring (bicyclic) bond motifs is 1. The lowest BCUT2D eigenvalue weighted by Gasteiger charge is -2.28. The number of carbonyl (C=O) groups excluding carboxylic acids is 1. The molecule has 2 aliphatic heterocycles. The molecule has 2 aliphatic rings. The fraction of sp³-hybridized carbons (Fsp3) is 0.353. The molecule has 15 heteroatoms. The third-order valence-electron chi connectivity index (χ3n) is 4.86. The zero-order valence-corrected chi connectivity index (χ0v) is 16.9.